The van der Waals surface area contributed by atoms with Crippen molar-refractivity contribution in [2.75, 3.05) is 70.0 Å². The maximum atomic E-state index is 14.0. The van der Waals surface area contributed by atoms with Crippen LogP contribution in [0, 0.1) is 12.3 Å². The first-order chi connectivity index (χ1) is 22.3. The van der Waals surface area contributed by atoms with Gasteiger partial charge in [0.15, 0.2) is 6.10 Å². The van der Waals surface area contributed by atoms with E-state index in [1.165, 1.54) is 0 Å². The minimum atomic E-state index is -1.04. The summed E-state index contributed by atoms with van der Waals surface area (Å²) in [5, 5.41) is 10.8. The third-order valence-electron chi connectivity index (χ3n) is 9.76. The molecule has 11 nitrogen and oxygen atoms in total. The molecule has 2 aromatic rings. The Morgan fingerprint density at radius 2 is 1.72 bits per heavy atom. The molecule has 4 aliphatic rings. The van der Waals surface area contributed by atoms with Crippen molar-refractivity contribution in [1.29, 1.82) is 0 Å². The molecule has 0 bridgehead atoms. The lowest BCUT2D eigenvalue weighted by molar-refractivity contribution is -0.142. The van der Waals surface area contributed by atoms with E-state index in [9.17, 15) is 14.4 Å². The van der Waals surface area contributed by atoms with Crippen LogP contribution in [0.5, 0.6) is 0 Å². The second-order valence-electron chi connectivity index (χ2n) is 12.5. The number of likely N-dealkylation sites (tertiary alicyclic amines) is 2. The van der Waals surface area contributed by atoms with Gasteiger partial charge in [0.25, 0.3) is 5.91 Å². The molecule has 1 atom stereocenters. The number of ether oxygens (including phenoxy) is 1. The van der Waals surface area contributed by atoms with Gasteiger partial charge in [-0.15, -0.1) is 17.8 Å². The summed E-state index contributed by atoms with van der Waals surface area (Å²) in [6, 6.07) is 3.77. The Kier molecular flexibility index (Phi) is 10.2. The van der Waals surface area contributed by atoms with Crippen LogP contribution in [-0.2, 0) is 22.4 Å². The molecule has 0 spiro atoms. The number of hydrogen-bond acceptors (Lipinski definition) is 8. The predicted octanol–water partition coefficient (Wildman–Crippen LogP) is 3.46. The number of anilines is 2. The first-order valence-electron chi connectivity index (χ1n) is 16.2. The summed E-state index contributed by atoms with van der Waals surface area (Å²) in [5.74, 6) is 2.33. The van der Waals surface area contributed by atoms with Gasteiger partial charge in [0, 0.05) is 88.4 Å². The third kappa shape index (κ3) is 7.23. The predicted molar refractivity (Wildman–Crippen MR) is 180 cm³/mol. The maximum absolute atomic E-state index is 14.0. The number of terminal acetylenes is 1. The highest BCUT2D eigenvalue weighted by Crippen LogP contribution is 2.29. The SMILES string of the molecule is C#Cc1cc(C[C@@H](OC(=O)N2CCC(N3CCc4cscc4NC3=O)CC2)C(=O)N2CCC(N3CCNCC3)CC2)cc(Cl)c1N. The zero-order chi connectivity index (χ0) is 32.2. The average Bonchev–Trinajstić information content (AvgIpc) is 3.46. The van der Waals surface area contributed by atoms with Gasteiger partial charge in [-0.2, -0.15) is 0 Å². The number of hydrogen-bond donors (Lipinski definition) is 3. The molecular formula is C33H42ClN7O4S. The summed E-state index contributed by atoms with van der Waals surface area (Å²) in [6.07, 6.45) is 8.04. The number of nitrogens with zero attached hydrogens (tertiary/aromatic N) is 4. The van der Waals surface area contributed by atoms with Crippen molar-refractivity contribution in [3.05, 3.63) is 44.6 Å². The number of nitrogens with one attached hydrogen (secondary N) is 2. The molecule has 5 heterocycles. The summed E-state index contributed by atoms with van der Waals surface area (Å²) in [6.45, 7) is 6.71. The van der Waals surface area contributed by atoms with Crippen molar-refractivity contribution in [2.24, 2.45) is 0 Å². The van der Waals surface area contributed by atoms with Gasteiger partial charge in [-0.05, 0) is 60.7 Å². The fraction of sp³-hybridized carbons (Fsp3) is 0.545. The molecule has 4 amide bonds. The second-order valence-corrected chi connectivity index (χ2v) is 13.7. The Hall–Kier alpha value is -3.50. The van der Waals surface area contributed by atoms with E-state index in [1.807, 2.05) is 15.2 Å². The van der Waals surface area contributed by atoms with Crippen LogP contribution >= 0.6 is 22.9 Å². The highest BCUT2D eigenvalue weighted by molar-refractivity contribution is 7.08. The lowest BCUT2D eigenvalue weighted by Crippen LogP contribution is -2.54. The summed E-state index contributed by atoms with van der Waals surface area (Å²) < 4.78 is 6.01. The quantitative estimate of drug-likeness (QED) is 0.319. The van der Waals surface area contributed by atoms with Gasteiger partial charge in [0.05, 0.1) is 16.4 Å². The number of halogens is 1. The normalized spacial score (nSPS) is 20.8. The first-order valence-corrected chi connectivity index (χ1v) is 17.5. The van der Waals surface area contributed by atoms with Crippen LogP contribution in [0.15, 0.2) is 22.9 Å². The number of benzene rings is 1. The number of thiophene rings is 1. The maximum Gasteiger partial charge on any atom is 0.410 e. The number of nitrogen functional groups attached to an aromatic ring is 1. The van der Waals surface area contributed by atoms with Crippen LogP contribution in [-0.4, -0.2) is 115 Å². The van der Waals surface area contributed by atoms with E-state index < -0.39 is 12.2 Å². The molecule has 3 fully saturated rings. The fourth-order valence-electron chi connectivity index (χ4n) is 7.07. The van der Waals surface area contributed by atoms with E-state index in [-0.39, 0.29) is 24.4 Å². The summed E-state index contributed by atoms with van der Waals surface area (Å²) in [7, 11) is 0. The minimum Gasteiger partial charge on any atom is -0.436 e. The number of rotatable bonds is 6. The van der Waals surface area contributed by atoms with Gasteiger partial charge >= 0.3 is 12.1 Å². The van der Waals surface area contributed by atoms with Gasteiger partial charge < -0.3 is 35.8 Å². The van der Waals surface area contributed by atoms with E-state index in [0.29, 0.717) is 73.4 Å². The number of amides is 4. The topological polar surface area (TPSA) is 123 Å². The number of urea groups is 1. The van der Waals surface area contributed by atoms with Crippen LogP contribution in [0.25, 0.3) is 0 Å². The van der Waals surface area contributed by atoms with Crippen molar-refractivity contribution in [2.45, 2.75) is 56.7 Å². The molecule has 13 heteroatoms. The summed E-state index contributed by atoms with van der Waals surface area (Å²) in [5.41, 5.74) is 9.50. The Labute approximate surface area is 279 Å². The minimum absolute atomic E-state index is 0.0187. The lowest BCUT2D eigenvalue weighted by Gasteiger charge is -2.41. The summed E-state index contributed by atoms with van der Waals surface area (Å²) >= 11 is 7.96. The zero-order valence-electron chi connectivity index (χ0n) is 26.0. The lowest BCUT2D eigenvalue weighted by atomic mass is 9.99. The molecule has 1 aromatic carbocycles. The zero-order valence-corrected chi connectivity index (χ0v) is 27.6. The Bertz CT molecular complexity index is 1470. The Balaban J connectivity index is 1.10. The van der Waals surface area contributed by atoms with Gasteiger partial charge in [0.1, 0.15) is 0 Å². The number of piperazine rings is 1. The monoisotopic (exact) mass is 667 g/mol. The van der Waals surface area contributed by atoms with Crippen molar-refractivity contribution in [3.8, 4) is 12.3 Å². The van der Waals surface area contributed by atoms with Crippen LogP contribution in [0.2, 0.25) is 5.02 Å². The second kappa shape index (κ2) is 14.5. The fourth-order valence-corrected chi connectivity index (χ4v) is 8.13. The average molecular weight is 668 g/mol. The van der Waals surface area contributed by atoms with E-state index >= 15 is 0 Å². The molecule has 246 valence electrons. The van der Waals surface area contributed by atoms with E-state index in [1.54, 1.807) is 28.4 Å². The third-order valence-corrected chi connectivity index (χ3v) is 10.9. The molecular weight excluding hydrogens is 626 g/mol. The largest absolute Gasteiger partial charge is 0.436 e. The number of nitrogens with two attached hydrogens (primary N) is 1. The molecule has 4 aliphatic heterocycles. The van der Waals surface area contributed by atoms with Gasteiger partial charge in [-0.25, -0.2) is 9.59 Å². The highest BCUT2D eigenvalue weighted by atomic mass is 35.5. The Morgan fingerprint density at radius 1 is 1.02 bits per heavy atom. The molecule has 3 saturated heterocycles. The number of fused-ring (bicyclic) bond motifs is 1. The van der Waals surface area contributed by atoms with Gasteiger partial charge in [0.2, 0.25) is 0 Å². The van der Waals surface area contributed by atoms with Crippen molar-refractivity contribution in [3.63, 3.8) is 0 Å². The van der Waals surface area contributed by atoms with Crippen molar-refractivity contribution < 1.29 is 19.1 Å². The van der Waals surface area contributed by atoms with E-state index in [2.05, 4.69) is 26.8 Å². The number of carbonyl (C=O) groups excluding carboxylic acids is 3. The molecule has 0 unspecified atom stereocenters. The smallest absolute Gasteiger partial charge is 0.410 e. The molecule has 6 rings (SSSR count). The first kappa shape index (κ1) is 32.4. The number of piperidine rings is 2. The molecule has 0 aliphatic carbocycles. The molecule has 0 radical (unpaired) electrons. The van der Waals surface area contributed by atoms with Crippen molar-refractivity contribution >= 4 is 52.3 Å². The van der Waals surface area contributed by atoms with Crippen LogP contribution < -0.4 is 16.4 Å². The van der Waals surface area contributed by atoms with E-state index in [0.717, 1.165) is 56.7 Å². The molecule has 0 saturated carbocycles. The molecule has 46 heavy (non-hydrogen) atoms. The van der Waals surface area contributed by atoms with Crippen LogP contribution in [0.4, 0.5) is 21.0 Å². The number of carbonyl (C=O) groups is 3. The highest BCUT2D eigenvalue weighted by Gasteiger charge is 2.36. The van der Waals surface area contributed by atoms with Crippen LogP contribution in [0.1, 0.15) is 42.4 Å². The summed E-state index contributed by atoms with van der Waals surface area (Å²) in [4.78, 5) is 48.3. The Morgan fingerprint density at radius 3 is 2.43 bits per heavy atom. The van der Waals surface area contributed by atoms with Gasteiger partial charge in [-0.3, -0.25) is 9.69 Å². The molecule has 1 aromatic heterocycles. The standard InChI is InChI=1S/C33H42ClN7O4S/c1-2-23-17-22(18-27(34)30(23)35)19-29(31(42)39-10-4-25(5-11-39)38-15-8-36-9-16-38)45-33(44)40-12-6-26(7-13-40)41-14-3-24-20-46-21-28(24)37-32(41)43/h1,17-18,20-21,25-26,29,36H,3-16,19,35H2,(H,37,43)/t29-/m1/s1. The van der Waals surface area contributed by atoms with E-state index in [4.69, 9.17) is 28.5 Å². The molecule has 4 N–H and O–H groups in total. The van der Waals surface area contributed by atoms with Crippen LogP contribution in [0.3, 0.4) is 0 Å². The van der Waals surface area contributed by atoms with Gasteiger partial charge in [-0.1, -0.05) is 17.5 Å². The van der Waals surface area contributed by atoms with Crippen molar-refractivity contribution in [1.82, 2.24) is 24.9 Å².